The van der Waals surface area contributed by atoms with Crippen molar-refractivity contribution in [2.45, 2.75) is 33.5 Å². The van der Waals surface area contributed by atoms with E-state index in [-0.39, 0.29) is 12.4 Å². The molecule has 0 aliphatic carbocycles. The van der Waals surface area contributed by atoms with E-state index in [9.17, 15) is 9.59 Å². The van der Waals surface area contributed by atoms with Crippen LogP contribution in [0.25, 0.3) is 5.69 Å². The van der Waals surface area contributed by atoms with Crippen LogP contribution in [-0.2, 0) is 16.1 Å². The predicted molar refractivity (Wildman–Crippen MR) is 161 cm³/mol. The van der Waals surface area contributed by atoms with Gasteiger partial charge in [0.25, 0.3) is 0 Å². The third-order valence-corrected chi connectivity index (χ3v) is 6.89. The first-order valence-electron chi connectivity index (χ1n) is 12.6. The Morgan fingerprint density at radius 1 is 1.05 bits per heavy atom. The van der Waals surface area contributed by atoms with Crippen molar-refractivity contribution in [3.8, 4) is 22.9 Å². The number of furan rings is 1. The van der Waals surface area contributed by atoms with Gasteiger partial charge in [0.2, 0.25) is 0 Å². The van der Waals surface area contributed by atoms with Gasteiger partial charge in [0.1, 0.15) is 18.1 Å². The standard InChI is InChI=1S/C30H30IN3O7/c1-18-6-7-19(2)34(18)22-8-10-23(11-9-22)39-17-24-12-13-26(41-24)29(35)33-32-16-21-14-25(31)28(27(15-21)37-4)40-20(3)30(36)38-5/h6-16,20H,17H2,1-5H3,(H,33,35)/b32-16+/t20-/m0/s1. The molecule has 0 saturated heterocycles. The predicted octanol–water partition coefficient (Wildman–Crippen LogP) is 5.58. The zero-order valence-electron chi connectivity index (χ0n) is 23.3. The van der Waals surface area contributed by atoms with Gasteiger partial charge in [-0.2, -0.15) is 5.10 Å². The first-order valence-corrected chi connectivity index (χ1v) is 13.7. The summed E-state index contributed by atoms with van der Waals surface area (Å²) in [5, 5.41) is 4.02. The summed E-state index contributed by atoms with van der Waals surface area (Å²) in [5.74, 6) is 1.07. The first kappa shape index (κ1) is 29.7. The summed E-state index contributed by atoms with van der Waals surface area (Å²) in [6, 6.07) is 18.6. The van der Waals surface area contributed by atoms with E-state index in [1.54, 1.807) is 31.2 Å². The maximum Gasteiger partial charge on any atom is 0.346 e. The lowest BCUT2D eigenvalue weighted by Crippen LogP contribution is -2.25. The molecule has 0 aliphatic rings. The van der Waals surface area contributed by atoms with Crippen molar-refractivity contribution in [3.05, 3.63) is 92.7 Å². The summed E-state index contributed by atoms with van der Waals surface area (Å²) in [6.45, 7) is 5.88. The number of carbonyl (C=O) groups excluding carboxylic acids is 2. The number of hydrogen-bond acceptors (Lipinski definition) is 8. The smallest absolute Gasteiger partial charge is 0.346 e. The maximum absolute atomic E-state index is 12.5. The van der Waals surface area contributed by atoms with E-state index in [0.29, 0.717) is 32.1 Å². The van der Waals surface area contributed by atoms with Crippen molar-refractivity contribution in [2.24, 2.45) is 5.10 Å². The zero-order chi connectivity index (χ0) is 29.5. The third kappa shape index (κ3) is 7.28. The van der Waals surface area contributed by atoms with E-state index in [1.165, 1.54) is 20.4 Å². The number of nitrogens with zero attached hydrogens (tertiary/aromatic N) is 2. The number of esters is 1. The molecule has 1 atom stereocenters. The quantitative estimate of drug-likeness (QED) is 0.0959. The first-order chi connectivity index (χ1) is 19.7. The average Bonchev–Trinajstić information content (AvgIpc) is 3.58. The molecule has 1 amide bonds. The fourth-order valence-corrected chi connectivity index (χ4v) is 4.79. The van der Waals surface area contributed by atoms with E-state index in [0.717, 1.165) is 17.1 Å². The Labute approximate surface area is 251 Å². The molecular formula is C30H30IN3O7. The van der Waals surface area contributed by atoms with Gasteiger partial charge < -0.3 is 27.9 Å². The Kier molecular flexibility index (Phi) is 9.71. The van der Waals surface area contributed by atoms with Crippen molar-refractivity contribution in [3.63, 3.8) is 0 Å². The monoisotopic (exact) mass is 671 g/mol. The van der Waals surface area contributed by atoms with E-state index in [2.05, 4.69) is 63.7 Å². The number of aryl methyl sites for hydroxylation is 2. The molecule has 4 rings (SSSR count). The highest BCUT2D eigenvalue weighted by Gasteiger charge is 2.20. The van der Waals surface area contributed by atoms with Crippen molar-refractivity contribution < 1.29 is 33.0 Å². The summed E-state index contributed by atoms with van der Waals surface area (Å²) in [6.07, 6.45) is 0.651. The molecule has 0 aliphatic heterocycles. The lowest BCUT2D eigenvalue weighted by Gasteiger charge is -2.17. The fourth-order valence-electron chi connectivity index (χ4n) is 4.04. The summed E-state index contributed by atoms with van der Waals surface area (Å²) in [7, 11) is 2.78. The van der Waals surface area contributed by atoms with Gasteiger partial charge in [0.15, 0.2) is 23.4 Å². The summed E-state index contributed by atoms with van der Waals surface area (Å²) < 4.78 is 30.1. The van der Waals surface area contributed by atoms with Crippen molar-refractivity contribution in [1.82, 2.24) is 9.99 Å². The molecule has 0 saturated carbocycles. The van der Waals surface area contributed by atoms with Crippen LogP contribution in [0.5, 0.6) is 17.2 Å². The number of ether oxygens (including phenoxy) is 4. The Morgan fingerprint density at radius 3 is 2.41 bits per heavy atom. The number of rotatable bonds is 11. The molecule has 4 aromatic rings. The highest BCUT2D eigenvalue weighted by molar-refractivity contribution is 14.1. The zero-order valence-corrected chi connectivity index (χ0v) is 25.4. The minimum Gasteiger partial charge on any atom is -0.493 e. The van der Waals surface area contributed by atoms with Gasteiger partial charge in [-0.15, -0.1) is 0 Å². The number of amides is 1. The molecule has 0 unspecified atom stereocenters. The fraction of sp³-hybridized carbons (Fsp3) is 0.233. The molecule has 10 nitrogen and oxygen atoms in total. The number of benzene rings is 2. The Bertz CT molecular complexity index is 1540. The third-order valence-electron chi connectivity index (χ3n) is 6.09. The molecule has 0 spiro atoms. The Hall–Kier alpha value is -4.26. The minimum atomic E-state index is -0.811. The number of hydrazone groups is 1. The van der Waals surface area contributed by atoms with Crippen molar-refractivity contribution in [1.29, 1.82) is 0 Å². The van der Waals surface area contributed by atoms with Crippen LogP contribution in [-0.4, -0.2) is 43.0 Å². The minimum absolute atomic E-state index is 0.0994. The van der Waals surface area contributed by atoms with Gasteiger partial charge in [0, 0.05) is 17.1 Å². The Morgan fingerprint density at radius 2 is 1.76 bits per heavy atom. The second kappa shape index (κ2) is 13.4. The molecular weight excluding hydrogens is 641 g/mol. The van der Waals surface area contributed by atoms with Crippen molar-refractivity contribution in [2.75, 3.05) is 14.2 Å². The second-order valence-corrected chi connectivity index (χ2v) is 10.2. The second-order valence-electron chi connectivity index (χ2n) is 9.02. The summed E-state index contributed by atoms with van der Waals surface area (Å²) >= 11 is 2.07. The molecule has 11 heteroatoms. The van der Waals surface area contributed by atoms with Gasteiger partial charge >= 0.3 is 11.9 Å². The van der Waals surface area contributed by atoms with Crippen LogP contribution in [0.15, 0.2) is 70.2 Å². The van der Waals surface area contributed by atoms with Gasteiger partial charge in [0.05, 0.1) is 24.0 Å². The lowest BCUT2D eigenvalue weighted by atomic mass is 10.2. The van der Waals surface area contributed by atoms with Crippen LogP contribution >= 0.6 is 22.6 Å². The van der Waals surface area contributed by atoms with Gasteiger partial charge in [-0.05, 0) is 110 Å². The number of carbonyl (C=O) groups is 2. The largest absolute Gasteiger partial charge is 0.493 e. The van der Waals surface area contributed by atoms with E-state index in [4.69, 9.17) is 23.4 Å². The highest BCUT2D eigenvalue weighted by Crippen LogP contribution is 2.34. The normalized spacial score (nSPS) is 11.8. The molecule has 2 aromatic heterocycles. The van der Waals surface area contributed by atoms with Gasteiger partial charge in [-0.1, -0.05) is 0 Å². The van der Waals surface area contributed by atoms with Crippen LogP contribution < -0.4 is 19.6 Å². The average molecular weight is 671 g/mol. The molecule has 0 bridgehead atoms. The molecule has 2 aromatic carbocycles. The molecule has 0 radical (unpaired) electrons. The van der Waals surface area contributed by atoms with Crippen LogP contribution in [0, 0.1) is 17.4 Å². The van der Waals surface area contributed by atoms with Gasteiger partial charge in [-0.25, -0.2) is 10.2 Å². The van der Waals surface area contributed by atoms with Crippen molar-refractivity contribution >= 4 is 40.7 Å². The summed E-state index contributed by atoms with van der Waals surface area (Å²) in [4.78, 5) is 24.3. The van der Waals surface area contributed by atoms with E-state index < -0.39 is 18.0 Å². The van der Waals surface area contributed by atoms with Gasteiger partial charge in [-0.3, -0.25) is 4.79 Å². The van der Waals surface area contributed by atoms with Crippen LogP contribution in [0.3, 0.4) is 0 Å². The number of aromatic nitrogens is 1. The highest BCUT2D eigenvalue weighted by atomic mass is 127. The molecule has 214 valence electrons. The van der Waals surface area contributed by atoms with E-state index >= 15 is 0 Å². The molecule has 2 heterocycles. The molecule has 41 heavy (non-hydrogen) atoms. The number of halogens is 1. The molecule has 1 N–H and O–H groups in total. The molecule has 0 fully saturated rings. The topological polar surface area (TPSA) is 114 Å². The number of methoxy groups -OCH3 is 2. The SMILES string of the molecule is COC(=O)[C@H](C)Oc1c(I)cc(/C=N/NC(=O)c2ccc(COc3ccc(-n4c(C)ccc4C)cc3)o2)cc1OC. The summed E-state index contributed by atoms with van der Waals surface area (Å²) in [5.41, 5.74) is 6.46. The number of hydrogen-bond donors (Lipinski definition) is 1. The van der Waals surface area contributed by atoms with Crippen LogP contribution in [0.1, 0.15) is 40.2 Å². The lowest BCUT2D eigenvalue weighted by molar-refractivity contribution is -0.148. The van der Waals surface area contributed by atoms with E-state index in [1.807, 2.05) is 24.3 Å². The number of nitrogens with one attached hydrogen (secondary N) is 1. The van der Waals surface area contributed by atoms with Crippen LogP contribution in [0.4, 0.5) is 0 Å². The maximum atomic E-state index is 12.5. The Balaban J connectivity index is 1.32. The van der Waals surface area contributed by atoms with Crippen LogP contribution in [0.2, 0.25) is 0 Å².